The first-order chi connectivity index (χ1) is 11.3. The second-order valence-corrected chi connectivity index (χ2v) is 5.19. The van der Waals surface area contributed by atoms with E-state index in [4.69, 9.17) is 5.11 Å². The molecule has 0 bridgehead atoms. The number of aromatic nitrogens is 4. The molecule has 2 heterocycles. The summed E-state index contributed by atoms with van der Waals surface area (Å²) in [5, 5.41) is 18.8. The molecule has 1 amide bonds. The second-order valence-electron chi connectivity index (χ2n) is 5.19. The van der Waals surface area contributed by atoms with Crippen LogP contribution in [0.25, 0.3) is 5.82 Å². The van der Waals surface area contributed by atoms with Crippen LogP contribution in [0, 0.1) is 0 Å². The predicted octanol–water partition coefficient (Wildman–Crippen LogP) is 1.57. The summed E-state index contributed by atoms with van der Waals surface area (Å²) in [5.41, 5.74) is -0.852. The van der Waals surface area contributed by atoms with E-state index in [2.05, 4.69) is 20.6 Å². The van der Waals surface area contributed by atoms with Crippen LogP contribution in [0.1, 0.15) is 35.8 Å². The van der Waals surface area contributed by atoms with Gasteiger partial charge >= 0.3 is 6.18 Å². The maximum absolute atomic E-state index is 12.5. The standard InChI is InChI=1S/C14H16F3N5O2/c1-9(3-2-6-23)19-13(24)11-8-22(21-20-11)12-5-4-10(7-18-12)14(15,16)17/h4-5,7-9,23H,2-3,6H2,1H3,(H,19,24). The lowest BCUT2D eigenvalue weighted by Gasteiger charge is -2.11. The largest absolute Gasteiger partial charge is 0.417 e. The Morgan fingerprint density at radius 3 is 2.75 bits per heavy atom. The molecule has 1 unspecified atom stereocenters. The van der Waals surface area contributed by atoms with Gasteiger partial charge < -0.3 is 10.4 Å². The van der Waals surface area contributed by atoms with Crippen LogP contribution in [0.15, 0.2) is 24.5 Å². The average molecular weight is 343 g/mol. The zero-order valence-corrected chi connectivity index (χ0v) is 12.8. The summed E-state index contributed by atoms with van der Waals surface area (Å²) >= 11 is 0. The lowest BCUT2D eigenvalue weighted by Crippen LogP contribution is -2.32. The van der Waals surface area contributed by atoms with Crippen molar-refractivity contribution in [1.29, 1.82) is 0 Å². The number of amides is 1. The zero-order chi connectivity index (χ0) is 17.7. The second kappa shape index (κ2) is 7.39. The van der Waals surface area contributed by atoms with Crippen molar-refractivity contribution < 1.29 is 23.1 Å². The van der Waals surface area contributed by atoms with Crippen molar-refractivity contribution in [2.24, 2.45) is 0 Å². The Bertz CT molecular complexity index is 684. The Labute approximate surface area is 135 Å². The van der Waals surface area contributed by atoms with Crippen LogP contribution in [0.2, 0.25) is 0 Å². The Hall–Kier alpha value is -2.49. The summed E-state index contributed by atoms with van der Waals surface area (Å²) in [6.45, 7) is 1.82. The lowest BCUT2D eigenvalue weighted by atomic mass is 10.2. The van der Waals surface area contributed by atoms with Crippen LogP contribution < -0.4 is 5.32 Å². The van der Waals surface area contributed by atoms with E-state index in [0.717, 1.165) is 16.8 Å². The fourth-order valence-corrected chi connectivity index (χ4v) is 1.94. The van der Waals surface area contributed by atoms with Gasteiger partial charge in [0.15, 0.2) is 11.5 Å². The number of pyridine rings is 1. The van der Waals surface area contributed by atoms with Gasteiger partial charge in [-0.3, -0.25) is 4.79 Å². The van der Waals surface area contributed by atoms with E-state index < -0.39 is 17.6 Å². The van der Waals surface area contributed by atoms with Crippen LogP contribution in [0.4, 0.5) is 13.2 Å². The number of hydrogen-bond acceptors (Lipinski definition) is 5. The minimum absolute atomic E-state index is 0.0209. The molecular formula is C14H16F3N5O2. The van der Waals surface area contributed by atoms with Gasteiger partial charge in [-0.2, -0.15) is 13.2 Å². The molecule has 0 aliphatic rings. The Morgan fingerprint density at radius 1 is 1.42 bits per heavy atom. The predicted molar refractivity (Wildman–Crippen MR) is 77.4 cm³/mol. The summed E-state index contributed by atoms with van der Waals surface area (Å²) in [6.07, 6.45) is -1.33. The normalized spacial score (nSPS) is 12.9. The Kier molecular flexibility index (Phi) is 5.50. The fourth-order valence-electron chi connectivity index (χ4n) is 1.94. The molecule has 2 aromatic rings. The monoisotopic (exact) mass is 343 g/mol. The van der Waals surface area contributed by atoms with Gasteiger partial charge in [-0.1, -0.05) is 5.21 Å². The molecule has 0 aliphatic carbocycles. The van der Waals surface area contributed by atoms with Gasteiger partial charge in [0, 0.05) is 18.8 Å². The number of aliphatic hydroxyl groups is 1. The first-order valence-electron chi connectivity index (χ1n) is 7.19. The van der Waals surface area contributed by atoms with Crippen molar-refractivity contribution in [3.63, 3.8) is 0 Å². The quantitative estimate of drug-likeness (QED) is 0.830. The third kappa shape index (κ3) is 4.51. The third-order valence-corrected chi connectivity index (χ3v) is 3.21. The maximum atomic E-state index is 12.5. The maximum Gasteiger partial charge on any atom is 0.417 e. The summed E-state index contributed by atoms with van der Waals surface area (Å²) in [7, 11) is 0. The molecular weight excluding hydrogens is 327 g/mol. The number of alkyl halides is 3. The van der Waals surface area contributed by atoms with Gasteiger partial charge in [0.1, 0.15) is 0 Å². The van der Waals surface area contributed by atoms with Gasteiger partial charge in [-0.05, 0) is 31.9 Å². The minimum Gasteiger partial charge on any atom is -0.396 e. The first kappa shape index (κ1) is 17.9. The lowest BCUT2D eigenvalue weighted by molar-refractivity contribution is -0.137. The smallest absolute Gasteiger partial charge is 0.396 e. The van der Waals surface area contributed by atoms with Gasteiger partial charge in [0.25, 0.3) is 5.91 Å². The van der Waals surface area contributed by atoms with Crippen molar-refractivity contribution in [3.8, 4) is 5.82 Å². The van der Waals surface area contributed by atoms with Crippen molar-refractivity contribution >= 4 is 5.91 Å². The van der Waals surface area contributed by atoms with Crippen LogP contribution in [0.5, 0.6) is 0 Å². The van der Waals surface area contributed by atoms with Crippen LogP contribution >= 0.6 is 0 Å². The molecule has 0 radical (unpaired) electrons. The number of nitrogens with zero attached hydrogens (tertiary/aromatic N) is 4. The number of halogens is 3. The van der Waals surface area contributed by atoms with Crippen molar-refractivity contribution in [2.45, 2.75) is 32.0 Å². The number of rotatable bonds is 6. The van der Waals surface area contributed by atoms with E-state index in [1.165, 1.54) is 6.20 Å². The number of hydrogen-bond donors (Lipinski definition) is 2. The van der Waals surface area contributed by atoms with Gasteiger partial charge in [0.2, 0.25) is 0 Å². The van der Waals surface area contributed by atoms with E-state index in [1.807, 2.05) is 0 Å². The Morgan fingerprint density at radius 2 is 2.17 bits per heavy atom. The van der Waals surface area contributed by atoms with Crippen LogP contribution in [-0.4, -0.2) is 43.6 Å². The molecule has 0 spiro atoms. The van der Waals surface area contributed by atoms with Crippen molar-refractivity contribution in [1.82, 2.24) is 25.3 Å². The molecule has 2 N–H and O–H groups in total. The SMILES string of the molecule is CC(CCCO)NC(=O)c1cn(-c2ccc(C(F)(F)F)cn2)nn1. The third-order valence-electron chi connectivity index (χ3n) is 3.21. The molecule has 0 aliphatic heterocycles. The molecule has 1 atom stereocenters. The molecule has 0 aromatic carbocycles. The number of carbonyl (C=O) groups excluding carboxylic acids is 1. The molecule has 7 nitrogen and oxygen atoms in total. The van der Waals surface area contributed by atoms with E-state index in [1.54, 1.807) is 6.92 Å². The highest BCUT2D eigenvalue weighted by molar-refractivity contribution is 5.92. The van der Waals surface area contributed by atoms with E-state index in [-0.39, 0.29) is 24.2 Å². The van der Waals surface area contributed by atoms with E-state index in [0.29, 0.717) is 19.0 Å². The minimum atomic E-state index is -4.47. The summed E-state index contributed by atoms with van der Waals surface area (Å²) < 4.78 is 38.6. The average Bonchev–Trinajstić information content (AvgIpc) is 3.02. The topological polar surface area (TPSA) is 92.9 Å². The molecule has 0 fully saturated rings. The van der Waals surface area contributed by atoms with E-state index >= 15 is 0 Å². The van der Waals surface area contributed by atoms with Crippen LogP contribution in [0.3, 0.4) is 0 Å². The highest BCUT2D eigenvalue weighted by Gasteiger charge is 2.30. The molecule has 130 valence electrons. The molecule has 0 saturated heterocycles. The van der Waals surface area contributed by atoms with E-state index in [9.17, 15) is 18.0 Å². The molecule has 10 heteroatoms. The number of aliphatic hydroxyl groups excluding tert-OH is 1. The molecule has 24 heavy (non-hydrogen) atoms. The number of carbonyl (C=O) groups is 1. The molecule has 0 saturated carbocycles. The highest BCUT2D eigenvalue weighted by atomic mass is 19.4. The Balaban J connectivity index is 2.06. The summed E-state index contributed by atoms with van der Waals surface area (Å²) in [5.74, 6) is -0.346. The van der Waals surface area contributed by atoms with Crippen molar-refractivity contribution in [3.05, 3.63) is 35.8 Å². The highest BCUT2D eigenvalue weighted by Crippen LogP contribution is 2.28. The van der Waals surface area contributed by atoms with Crippen molar-refractivity contribution in [2.75, 3.05) is 6.61 Å². The summed E-state index contributed by atoms with van der Waals surface area (Å²) in [6, 6.07) is 1.86. The first-order valence-corrected chi connectivity index (χ1v) is 7.19. The molecule has 2 aromatic heterocycles. The van der Waals surface area contributed by atoms with Crippen LogP contribution in [-0.2, 0) is 6.18 Å². The number of nitrogens with one attached hydrogen (secondary N) is 1. The summed E-state index contributed by atoms with van der Waals surface area (Å²) in [4.78, 5) is 15.7. The van der Waals surface area contributed by atoms with Gasteiger partial charge in [0.05, 0.1) is 11.8 Å². The van der Waals surface area contributed by atoms with Gasteiger partial charge in [-0.15, -0.1) is 5.10 Å². The van der Waals surface area contributed by atoms with Gasteiger partial charge in [-0.25, -0.2) is 9.67 Å². The molecule has 2 rings (SSSR count). The fraction of sp³-hybridized carbons (Fsp3) is 0.429. The zero-order valence-electron chi connectivity index (χ0n) is 12.8.